The Bertz CT molecular complexity index is 946. The molecule has 0 aliphatic carbocycles. The van der Waals surface area contributed by atoms with E-state index in [1.54, 1.807) is 60.8 Å². The summed E-state index contributed by atoms with van der Waals surface area (Å²) in [6, 6.07) is 15.5. The molecule has 0 radical (unpaired) electrons. The fourth-order valence-electron chi connectivity index (χ4n) is 2.28. The third-order valence-corrected chi connectivity index (χ3v) is 5.91. The molecular formula is C17H15NO3S2. The van der Waals surface area contributed by atoms with Crippen molar-refractivity contribution in [3.8, 4) is 16.2 Å². The van der Waals surface area contributed by atoms with Crippen LogP contribution in [0.25, 0.3) is 10.4 Å². The summed E-state index contributed by atoms with van der Waals surface area (Å²) in [6.45, 7) is 1.76. The van der Waals surface area contributed by atoms with E-state index in [2.05, 4.69) is 4.72 Å². The molecule has 0 amide bonds. The first-order valence-electron chi connectivity index (χ1n) is 6.93. The van der Waals surface area contributed by atoms with E-state index in [0.717, 1.165) is 4.88 Å². The smallest absolute Gasteiger partial charge is 0.262 e. The first-order chi connectivity index (χ1) is 11.0. The lowest BCUT2D eigenvalue weighted by Crippen LogP contribution is -2.13. The fraction of sp³-hybridized carbons (Fsp3) is 0.0588. The minimum Gasteiger partial charge on any atom is -0.507 e. The SMILES string of the molecule is Cc1ccccc1S(=O)(=O)Nc1csc(-c2ccccc2O)c1. The molecule has 0 saturated heterocycles. The van der Waals surface area contributed by atoms with E-state index >= 15 is 0 Å². The van der Waals surface area contributed by atoms with Crippen molar-refractivity contribution in [1.82, 2.24) is 0 Å². The van der Waals surface area contributed by atoms with E-state index in [-0.39, 0.29) is 10.6 Å². The maximum Gasteiger partial charge on any atom is 0.262 e. The van der Waals surface area contributed by atoms with Gasteiger partial charge in [-0.2, -0.15) is 0 Å². The Balaban J connectivity index is 1.91. The summed E-state index contributed by atoms with van der Waals surface area (Å²) in [5.41, 5.74) is 1.85. The van der Waals surface area contributed by atoms with Gasteiger partial charge in [-0.3, -0.25) is 4.72 Å². The maximum absolute atomic E-state index is 12.5. The lowest BCUT2D eigenvalue weighted by atomic mass is 10.1. The third kappa shape index (κ3) is 3.23. The predicted molar refractivity (Wildman–Crippen MR) is 93.4 cm³/mol. The minimum atomic E-state index is -3.63. The quantitative estimate of drug-likeness (QED) is 0.743. The van der Waals surface area contributed by atoms with Crippen molar-refractivity contribution in [1.29, 1.82) is 0 Å². The zero-order valence-electron chi connectivity index (χ0n) is 12.4. The van der Waals surface area contributed by atoms with Gasteiger partial charge in [0.15, 0.2) is 0 Å². The third-order valence-electron chi connectivity index (χ3n) is 3.40. The van der Waals surface area contributed by atoms with Gasteiger partial charge in [-0.15, -0.1) is 11.3 Å². The Kier molecular flexibility index (Phi) is 4.11. The van der Waals surface area contributed by atoms with Gasteiger partial charge in [0.2, 0.25) is 0 Å². The van der Waals surface area contributed by atoms with Gasteiger partial charge in [0.25, 0.3) is 10.0 Å². The highest BCUT2D eigenvalue weighted by atomic mass is 32.2. The van der Waals surface area contributed by atoms with Crippen LogP contribution in [0.2, 0.25) is 0 Å². The van der Waals surface area contributed by atoms with Crippen molar-refractivity contribution in [2.75, 3.05) is 4.72 Å². The highest BCUT2D eigenvalue weighted by molar-refractivity contribution is 7.92. The average molecular weight is 345 g/mol. The number of nitrogens with one attached hydrogen (secondary N) is 1. The number of anilines is 1. The number of phenolic OH excluding ortho intramolecular Hbond substituents is 1. The van der Waals surface area contributed by atoms with E-state index in [1.807, 2.05) is 6.07 Å². The van der Waals surface area contributed by atoms with Crippen molar-refractivity contribution in [3.63, 3.8) is 0 Å². The van der Waals surface area contributed by atoms with Crippen molar-refractivity contribution in [2.24, 2.45) is 0 Å². The van der Waals surface area contributed by atoms with Crippen LogP contribution in [-0.4, -0.2) is 13.5 Å². The lowest BCUT2D eigenvalue weighted by Gasteiger charge is -2.08. The molecule has 2 aromatic carbocycles. The molecule has 0 atom stereocenters. The Morgan fingerprint density at radius 1 is 1.04 bits per heavy atom. The van der Waals surface area contributed by atoms with Crippen LogP contribution in [-0.2, 0) is 10.0 Å². The van der Waals surface area contributed by atoms with Crippen LogP contribution in [0.1, 0.15) is 5.56 Å². The van der Waals surface area contributed by atoms with Gasteiger partial charge in [-0.05, 0) is 36.8 Å². The monoisotopic (exact) mass is 345 g/mol. The number of para-hydroxylation sites is 1. The Labute approximate surface area is 139 Å². The predicted octanol–water partition coefficient (Wildman–Crippen LogP) is 4.23. The number of aromatic hydroxyl groups is 1. The summed E-state index contributed by atoms with van der Waals surface area (Å²) < 4.78 is 27.5. The summed E-state index contributed by atoms with van der Waals surface area (Å²) in [6.07, 6.45) is 0. The number of hydrogen-bond acceptors (Lipinski definition) is 4. The highest BCUT2D eigenvalue weighted by Gasteiger charge is 2.17. The number of hydrogen-bond donors (Lipinski definition) is 2. The van der Waals surface area contributed by atoms with E-state index < -0.39 is 10.0 Å². The summed E-state index contributed by atoms with van der Waals surface area (Å²) in [5.74, 6) is 0.169. The second-order valence-corrected chi connectivity index (χ2v) is 7.65. The zero-order valence-corrected chi connectivity index (χ0v) is 14.0. The molecule has 0 saturated carbocycles. The van der Waals surface area contributed by atoms with Gasteiger partial charge in [0, 0.05) is 15.8 Å². The molecule has 6 heteroatoms. The van der Waals surface area contributed by atoms with E-state index in [9.17, 15) is 13.5 Å². The van der Waals surface area contributed by atoms with Crippen molar-refractivity contribution in [3.05, 3.63) is 65.5 Å². The molecule has 118 valence electrons. The van der Waals surface area contributed by atoms with Crippen LogP contribution in [0.15, 0.2) is 64.9 Å². The number of benzene rings is 2. The number of sulfonamides is 1. The molecular weight excluding hydrogens is 330 g/mol. The molecule has 3 aromatic rings. The van der Waals surface area contributed by atoms with Gasteiger partial charge in [-0.1, -0.05) is 30.3 Å². The molecule has 23 heavy (non-hydrogen) atoms. The molecule has 4 nitrogen and oxygen atoms in total. The van der Waals surface area contributed by atoms with Crippen molar-refractivity contribution >= 4 is 27.0 Å². The molecule has 1 heterocycles. The number of phenols is 1. The molecule has 3 rings (SSSR count). The van der Waals surface area contributed by atoms with Gasteiger partial charge >= 0.3 is 0 Å². The standard InChI is InChI=1S/C17H15NO3S2/c1-12-6-2-5-9-17(12)23(20,21)18-13-10-16(22-11-13)14-7-3-4-8-15(14)19/h2-11,18-19H,1H3. The summed E-state index contributed by atoms with van der Waals surface area (Å²) >= 11 is 1.37. The minimum absolute atomic E-state index is 0.169. The van der Waals surface area contributed by atoms with E-state index in [4.69, 9.17) is 0 Å². The molecule has 0 spiro atoms. The second-order valence-electron chi connectivity index (χ2n) is 5.09. The topological polar surface area (TPSA) is 66.4 Å². The summed E-state index contributed by atoms with van der Waals surface area (Å²) in [7, 11) is -3.63. The first-order valence-corrected chi connectivity index (χ1v) is 9.29. The Morgan fingerprint density at radius 3 is 2.48 bits per heavy atom. The number of aryl methyl sites for hydroxylation is 1. The normalized spacial score (nSPS) is 11.3. The van der Waals surface area contributed by atoms with Crippen LogP contribution >= 0.6 is 11.3 Å². The van der Waals surface area contributed by atoms with Gasteiger partial charge in [-0.25, -0.2) is 8.42 Å². The van der Waals surface area contributed by atoms with E-state index in [0.29, 0.717) is 16.8 Å². The van der Waals surface area contributed by atoms with Gasteiger partial charge in [0.1, 0.15) is 5.75 Å². The number of thiophene rings is 1. The summed E-state index contributed by atoms with van der Waals surface area (Å²) in [4.78, 5) is 1.06. The maximum atomic E-state index is 12.5. The fourth-order valence-corrected chi connectivity index (χ4v) is 4.52. The first kappa shape index (κ1) is 15.6. The number of rotatable bonds is 4. The molecule has 0 unspecified atom stereocenters. The van der Waals surface area contributed by atoms with Crippen molar-refractivity contribution in [2.45, 2.75) is 11.8 Å². The molecule has 0 aliphatic rings. The van der Waals surface area contributed by atoms with E-state index in [1.165, 1.54) is 11.3 Å². The molecule has 1 aromatic heterocycles. The van der Waals surface area contributed by atoms with Gasteiger partial charge < -0.3 is 5.11 Å². The average Bonchev–Trinajstić information content (AvgIpc) is 2.95. The van der Waals surface area contributed by atoms with Crippen molar-refractivity contribution < 1.29 is 13.5 Å². The van der Waals surface area contributed by atoms with Crippen LogP contribution in [0.3, 0.4) is 0 Å². The lowest BCUT2D eigenvalue weighted by molar-refractivity contribution is 0.477. The Hall–Kier alpha value is -2.31. The van der Waals surface area contributed by atoms with Crippen LogP contribution in [0, 0.1) is 6.92 Å². The molecule has 2 N–H and O–H groups in total. The second kappa shape index (κ2) is 6.06. The van der Waals surface area contributed by atoms with Crippen LogP contribution in [0.4, 0.5) is 5.69 Å². The Morgan fingerprint density at radius 2 is 1.74 bits per heavy atom. The summed E-state index contributed by atoms with van der Waals surface area (Å²) in [5, 5.41) is 11.6. The molecule has 0 aliphatic heterocycles. The van der Waals surface area contributed by atoms with Crippen LogP contribution < -0.4 is 4.72 Å². The molecule has 0 bridgehead atoms. The zero-order chi connectivity index (χ0) is 16.4. The highest BCUT2D eigenvalue weighted by Crippen LogP contribution is 2.35. The largest absolute Gasteiger partial charge is 0.507 e. The van der Waals surface area contributed by atoms with Gasteiger partial charge in [0.05, 0.1) is 10.6 Å². The molecule has 0 fully saturated rings. The van der Waals surface area contributed by atoms with Crippen LogP contribution in [0.5, 0.6) is 5.75 Å².